The molecule has 34 heavy (non-hydrogen) atoms. The van der Waals surface area contributed by atoms with Crippen LogP contribution in [0.25, 0.3) is 17.0 Å². The van der Waals surface area contributed by atoms with Crippen LogP contribution in [0, 0.1) is 0 Å². The van der Waals surface area contributed by atoms with E-state index in [9.17, 15) is 18.0 Å². The fourth-order valence-electron chi connectivity index (χ4n) is 4.26. The molecule has 1 N–H and O–H groups in total. The van der Waals surface area contributed by atoms with E-state index < -0.39 is 11.7 Å². The van der Waals surface area contributed by atoms with Crippen LogP contribution in [0.4, 0.5) is 24.5 Å². The molecule has 0 saturated carbocycles. The number of hydrogen-bond acceptors (Lipinski definition) is 3. The van der Waals surface area contributed by atoms with Gasteiger partial charge in [0, 0.05) is 41.6 Å². The first-order chi connectivity index (χ1) is 16.3. The smallest absolute Gasteiger partial charge is 0.371 e. The van der Waals surface area contributed by atoms with E-state index in [2.05, 4.69) is 23.2 Å². The molecule has 0 radical (unpaired) electrons. The van der Waals surface area contributed by atoms with Crippen LogP contribution in [0.1, 0.15) is 49.4 Å². The Morgan fingerprint density at radius 3 is 2.47 bits per heavy atom. The molecule has 1 fully saturated rings. The number of anilines is 2. The van der Waals surface area contributed by atoms with Gasteiger partial charge in [-0.2, -0.15) is 13.2 Å². The van der Waals surface area contributed by atoms with Crippen LogP contribution in [-0.4, -0.2) is 24.0 Å². The van der Waals surface area contributed by atoms with E-state index in [0.29, 0.717) is 11.3 Å². The average molecular weight is 468 g/mol. The number of rotatable bonds is 6. The first kappa shape index (κ1) is 23.8. The third-order valence-corrected chi connectivity index (χ3v) is 5.98. The summed E-state index contributed by atoms with van der Waals surface area (Å²) in [5.41, 5.74) is 3.59. The van der Waals surface area contributed by atoms with Crippen molar-refractivity contribution in [1.82, 2.24) is 4.98 Å². The zero-order valence-corrected chi connectivity index (χ0v) is 19.2. The van der Waals surface area contributed by atoms with E-state index in [1.807, 2.05) is 18.2 Å². The topological polar surface area (TPSA) is 45.2 Å². The Balaban J connectivity index is 1.54. The maximum Gasteiger partial charge on any atom is 0.416 e. The van der Waals surface area contributed by atoms with Crippen molar-refractivity contribution in [1.29, 1.82) is 0 Å². The molecule has 0 bridgehead atoms. The molecule has 4 nitrogen and oxygen atoms in total. The number of nitrogens with zero attached hydrogens (tertiary/aromatic N) is 2. The summed E-state index contributed by atoms with van der Waals surface area (Å²) < 4.78 is 38.1. The number of carbonyl (C=O) groups is 1. The van der Waals surface area contributed by atoms with Gasteiger partial charge >= 0.3 is 6.18 Å². The number of carbonyl (C=O) groups excluding carboxylic acids is 1. The lowest BCUT2D eigenvalue weighted by Gasteiger charge is -2.30. The number of piperidine rings is 1. The fraction of sp³-hybridized carbons (Fsp3) is 0.333. The minimum absolute atomic E-state index is 0.352. The zero-order chi connectivity index (χ0) is 24.1. The Kier molecular flexibility index (Phi) is 7.20. The average Bonchev–Trinajstić information content (AvgIpc) is 2.83. The number of nitrogens with one attached hydrogen (secondary N) is 1. The largest absolute Gasteiger partial charge is 0.416 e. The lowest BCUT2D eigenvalue weighted by Crippen LogP contribution is -2.29. The van der Waals surface area contributed by atoms with Gasteiger partial charge in [-0.25, -0.2) is 0 Å². The van der Waals surface area contributed by atoms with Gasteiger partial charge in [-0.3, -0.25) is 9.78 Å². The SMILES string of the molecule is CCCc1cc(N2CCCCC2)c2cc(NC(=O)/C=C/c3ccc(C(F)(F)F)cc3)ccc2n1. The van der Waals surface area contributed by atoms with Crippen molar-refractivity contribution in [2.45, 2.75) is 45.2 Å². The Bertz CT molecular complexity index is 1180. The predicted octanol–water partition coefficient (Wildman–Crippen LogP) is 6.85. The van der Waals surface area contributed by atoms with E-state index in [0.717, 1.165) is 73.2 Å². The number of pyridine rings is 1. The predicted molar refractivity (Wildman–Crippen MR) is 131 cm³/mol. The van der Waals surface area contributed by atoms with Gasteiger partial charge in [-0.1, -0.05) is 25.5 Å². The van der Waals surface area contributed by atoms with Crippen LogP contribution < -0.4 is 10.2 Å². The highest BCUT2D eigenvalue weighted by Crippen LogP contribution is 2.32. The highest BCUT2D eigenvalue weighted by molar-refractivity contribution is 6.04. The normalized spacial score (nSPS) is 14.6. The first-order valence-corrected chi connectivity index (χ1v) is 11.7. The third-order valence-electron chi connectivity index (χ3n) is 5.98. The summed E-state index contributed by atoms with van der Waals surface area (Å²) in [6.07, 6.45) is 3.95. The fourth-order valence-corrected chi connectivity index (χ4v) is 4.26. The summed E-state index contributed by atoms with van der Waals surface area (Å²) in [4.78, 5) is 19.7. The lowest BCUT2D eigenvalue weighted by molar-refractivity contribution is -0.137. The monoisotopic (exact) mass is 467 g/mol. The van der Waals surface area contributed by atoms with Crippen molar-refractivity contribution in [3.8, 4) is 0 Å². The maximum absolute atomic E-state index is 12.7. The maximum atomic E-state index is 12.7. The minimum Gasteiger partial charge on any atom is -0.371 e. The molecule has 1 amide bonds. The molecule has 0 atom stereocenters. The van der Waals surface area contributed by atoms with Crippen LogP contribution >= 0.6 is 0 Å². The van der Waals surface area contributed by atoms with E-state index in [1.165, 1.54) is 30.7 Å². The molecule has 1 saturated heterocycles. The second-order valence-electron chi connectivity index (χ2n) is 8.60. The molecule has 2 heterocycles. The summed E-state index contributed by atoms with van der Waals surface area (Å²) in [5, 5.41) is 3.86. The lowest BCUT2D eigenvalue weighted by atomic mass is 10.1. The third kappa shape index (κ3) is 5.76. The Labute approximate surface area is 197 Å². The molecule has 1 aliphatic heterocycles. The molecule has 2 aromatic carbocycles. The molecule has 4 rings (SSSR count). The van der Waals surface area contributed by atoms with Gasteiger partial charge in [0.05, 0.1) is 11.1 Å². The van der Waals surface area contributed by atoms with Gasteiger partial charge in [0.15, 0.2) is 0 Å². The molecule has 7 heteroatoms. The van der Waals surface area contributed by atoms with E-state index in [4.69, 9.17) is 4.98 Å². The molecular formula is C27H28F3N3O. The van der Waals surface area contributed by atoms with Crippen molar-refractivity contribution in [3.05, 3.63) is 71.4 Å². The molecular weight excluding hydrogens is 439 g/mol. The summed E-state index contributed by atoms with van der Waals surface area (Å²) in [5.74, 6) is -0.352. The number of benzene rings is 2. The Morgan fingerprint density at radius 1 is 1.06 bits per heavy atom. The number of fused-ring (bicyclic) bond motifs is 1. The minimum atomic E-state index is -4.38. The Hall–Kier alpha value is -3.35. The van der Waals surface area contributed by atoms with Gasteiger partial charge in [0.25, 0.3) is 0 Å². The van der Waals surface area contributed by atoms with Crippen LogP contribution in [0.5, 0.6) is 0 Å². The summed E-state index contributed by atoms with van der Waals surface area (Å²) >= 11 is 0. The van der Waals surface area contributed by atoms with Crippen molar-refractivity contribution in [2.75, 3.05) is 23.3 Å². The summed E-state index contributed by atoms with van der Waals surface area (Å²) in [6.45, 7) is 4.16. The quantitative estimate of drug-likeness (QED) is 0.403. The second-order valence-corrected chi connectivity index (χ2v) is 8.60. The van der Waals surface area contributed by atoms with Crippen molar-refractivity contribution >= 4 is 34.3 Å². The Morgan fingerprint density at radius 2 is 1.79 bits per heavy atom. The van der Waals surface area contributed by atoms with E-state index >= 15 is 0 Å². The molecule has 0 unspecified atom stereocenters. The van der Waals surface area contributed by atoms with Gasteiger partial charge in [-0.05, 0) is 73.7 Å². The van der Waals surface area contributed by atoms with Crippen molar-refractivity contribution < 1.29 is 18.0 Å². The van der Waals surface area contributed by atoms with Gasteiger partial charge in [0.1, 0.15) is 0 Å². The van der Waals surface area contributed by atoms with Crippen molar-refractivity contribution in [3.63, 3.8) is 0 Å². The molecule has 0 spiro atoms. The van der Waals surface area contributed by atoms with Crippen LogP contribution in [0.3, 0.4) is 0 Å². The van der Waals surface area contributed by atoms with Crippen LogP contribution in [0.15, 0.2) is 54.6 Å². The number of aromatic nitrogens is 1. The number of hydrogen-bond donors (Lipinski definition) is 1. The van der Waals surface area contributed by atoms with Crippen LogP contribution in [-0.2, 0) is 17.4 Å². The molecule has 1 aromatic heterocycles. The number of alkyl halides is 3. The summed E-state index contributed by atoms with van der Waals surface area (Å²) in [6, 6.07) is 12.6. The molecule has 1 aliphatic rings. The number of halogens is 3. The number of amides is 1. The van der Waals surface area contributed by atoms with Crippen LogP contribution in [0.2, 0.25) is 0 Å². The van der Waals surface area contributed by atoms with Gasteiger partial charge in [-0.15, -0.1) is 0 Å². The standard InChI is InChI=1S/C27H28F3N3O/c1-2-6-21-18-25(33-15-4-3-5-16-33)23-17-22(12-13-24(23)31-21)32-26(34)14-9-19-7-10-20(11-8-19)27(28,29)30/h7-14,17-18H,2-6,15-16H2,1H3,(H,32,34)/b14-9+. The highest BCUT2D eigenvalue weighted by atomic mass is 19.4. The molecule has 3 aromatic rings. The molecule has 178 valence electrons. The van der Waals surface area contributed by atoms with Gasteiger partial charge in [0.2, 0.25) is 5.91 Å². The van der Waals surface area contributed by atoms with Gasteiger partial charge < -0.3 is 10.2 Å². The number of aryl methyl sites for hydroxylation is 1. The summed E-state index contributed by atoms with van der Waals surface area (Å²) in [7, 11) is 0. The molecule has 0 aliphatic carbocycles. The highest BCUT2D eigenvalue weighted by Gasteiger charge is 2.29. The van der Waals surface area contributed by atoms with E-state index in [1.54, 1.807) is 0 Å². The van der Waals surface area contributed by atoms with Crippen molar-refractivity contribution in [2.24, 2.45) is 0 Å². The first-order valence-electron chi connectivity index (χ1n) is 11.7. The van der Waals surface area contributed by atoms with E-state index in [-0.39, 0.29) is 5.91 Å². The second kappa shape index (κ2) is 10.3. The zero-order valence-electron chi connectivity index (χ0n) is 19.2.